The summed E-state index contributed by atoms with van der Waals surface area (Å²) >= 11 is 0. The van der Waals surface area contributed by atoms with Crippen LogP contribution in [0.2, 0.25) is 0 Å². The molecule has 2 aromatic rings. The van der Waals surface area contributed by atoms with Crippen LogP contribution in [0.25, 0.3) is 11.0 Å². The van der Waals surface area contributed by atoms with Gasteiger partial charge in [-0.2, -0.15) is 0 Å². The molecule has 9 heteroatoms. The zero-order valence-electron chi connectivity index (χ0n) is 15.2. The molecule has 0 spiro atoms. The Kier molecular flexibility index (Phi) is 5.59. The van der Waals surface area contributed by atoms with E-state index in [1.165, 1.54) is 24.7 Å². The van der Waals surface area contributed by atoms with Crippen molar-refractivity contribution in [2.75, 3.05) is 0 Å². The normalized spacial score (nSPS) is 12.2. The number of amides is 1. The van der Waals surface area contributed by atoms with Gasteiger partial charge in [0.25, 0.3) is 11.5 Å². The van der Waals surface area contributed by atoms with E-state index in [-0.39, 0.29) is 16.7 Å². The van der Waals surface area contributed by atoms with Crippen molar-refractivity contribution >= 4 is 22.9 Å². The molecule has 2 aromatic heterocycles. The Morgan fingerprint density at radius 3 is 2.50 bits per heavy atom. The maximum atomic E-state index is 12.5. The zero-order chi connectivity index (χ0) is 19.6. The van der Waals surface area contributed by atoms with Gasteiger partial charge in [-0.1, -0.05) is 19.8 Å². The van der Waals surface area contributed by atoms with E-state index < -0.39 is 29.2 Å². The third-order valence-corrected chi connectivity index (χ3v) is 4.29. The minimum absolute atomic E-state index is 0.0407. The summed E-state index contributed by atoms with van der Waals surface area (Å²) in [5, 5.41) is 11.9. The van der Waals surface area contributed by atoms with Crippen molar-refractivity contribution < 1.29 is 14.7 Å². The molecule has 0 bridgehead atoms. The fraction of sp³-hybridized carbons (Fsp3) is 0.471. The van der Waals surface area contributed by atoms with Crippen molar-refractivity contribution in [1.29, 1.82) is 0 Å². The van der Waals surface area contributed by atoms with E-state index in [1.807, 2.05) is 6.92 Å². The van der Waals surface area contributed by atoms with Crippen LogP contribution in [0, 0.1) is 6.92 Å². The summed E-state index contributed by atoms with van der Waals surface area (Å²) in [6.07, 6.45) is 1.77. The van der Waals surface area contributed by atoms with Gasteiger partial charge in [0.05, 0.1) is 5.39 Å². The van der Waals surface area contributed by atoms with Gasteiger partial charge in [0.15, 0.2) is 0 Å². The average Bonchev–Trinajstić information content (AvgIpc) is 2.60. The third kappa shape index (κ3) is 3.51. The van der Waals surface area contributed by atoms with Gasteiger partial charge in [0.1, 0.15) is 17.4 Å². The molecule has 2 rings (SSSR count). The molecule has 0 fully saturated rings. The molecule has 0 saturated heterocycles. The van der Waals surface area contributed by atoms with Gasteiger partial charge in [0, 0.05) is 14.1 Å². The Balaban J connectivity index is 2.51. The standard InChI is InChI=1S/C17H22N4O5/c1-5-6-7-10(16(24)25)19-14(22)11-8-9(2)12-13(18-11)20(3)17(26)21(4)15(12)23/h8,10H,5-7H2,1-4H3,(H,19,22)(H,24,25)/t10-/m0/s1. The van der Waals surface area contributed by atoms with Gasteiger partial charge < -0.3 is 10.4 Å². The predicted molar refractivity (Wildman–Crippen MR) is 95.4 cm³/mol. The Morgan fingerprint density at radius 2 is 1.92 bits per heavy atom. The summed E-state index contributed by atoms with van der Waals surface area (Å²) in [5.41, 5.74) is -0.522. The second-order valence-corrected chi connectivity index (χ2v) is 6.24. The SMILES string of the molecule is CCCC[C@H](NC(=O)c1cc(C)c2c(=O)n(C)c(=O)n(C)c2n1)C(=O)O. The molecule has 0 saturated carbocycles. The zero-order valence-corrected chi connectivity index (χ0v) is 15.2. The summed E-state index contributed by atoms with van der Waals surface area (Å²) in [4.78, 5) is 52.3. The third-order valence-electron chi connectivity index (χ3n) is 4.29. The number of aliphatic carboxylic acids is 1. The number of fused-ring (bicyclic) bond motifs is 1. The van der Waals surface area contributed by atoms with Crippen molar-refractivity contribution in [2.24, 2.45) is 14.1 Å². The second-order valence-electron chi connectivity index (χ2n) is 6.24. The molecule has 1 atom stereocenters. The molecule has 1 amide bonds. The van der Waals surface area contributed by atoms with E-state index in [9.17, 15) is 24.3 Å². The van der Waals surface area contributed by atoms with Crippen LogP contribution in [0.1, 0.15) is 42.2 Å². The number of hydrogen-bond acceptors (Lipinski definition) is 5. The van der Waals surface area contributed by atoms with Crippen LogP contribution in [0.15, 0.2) is 15.7 Å². The topological polar surface area (TPSA) is 123 Å². The summed E-state index contributed by atoms with van der Waals surface area (Å²) in [5.74, 6) is -1.78. The van der Waals surface area contributed by atoms with Crippen LogP contribution in [0.3, 0.4) is 0 Å². The molecular weight excluding hydrogens is 340 g/mol. The fourth-order valence-corrected chi connectivity index (χ4v) is 2.75. The lowest BCUT2D eigenvalue weighted by atomic mass is 10.1. The van der Waals surface area contributed by atoms with Gasteiger partial charge in [-0.25, -0.2) is 14.6 Å². The molecule has 0 aromatic carbocycles. The van der Waals surface area contributed by atoms with Crippen molar-refractivity contribution in [2.45, 2.75) is 39.2 Å². The van der Waals surface area contributed by atoms with Gasteiger partial charge in [-0.05, 0) is 25.0 Å². The van der Waals surface area contributed by atoms with Crippen LogP contribution in [-0.4, -0.2) is 37.1 Å². The quantitative estimate of drug-likeness (QED) is 0.762. The minimum atomic E-state index is -1.12. The van der Waals surface area contributed by atoms with Gasteiger partial charge in [-0.15, -0.1) is 0 Å². The monoisotopic (exact) mass is 362 g/mol. The fourth-order valence-electron chi connectivity index (χ4n) is 2.75. The van der Waals surface area contributed by atoms with E-state index in [4.69, 9.17) is 0 Å². The van der Waals surface area contributed by atoms with Crippen LogP contribution in [0.5, 0.6) is 0 Å². The number of nitrogens with zero attached hydrogens (tertiary/aromatic N) is 3. The second kappa shape index (κ2) is 7.51. The molecule has 26 heavy (non-hydrogen) atoms. The largest absolute Gasteiger partial charge is 0.480 e. The summed E-state index contributed by atoms with van der Waals surface area (Å²) < 4.78 is 2.16. The molecule has 0 aliphatic carbocycles. The maximum absolute atomic E-state index is 12.5. The number of carbonyl (C=O) groups is 2. The molecule has 2 heterocycles. The molecule has 0 aliphatic heterocycles. The van der Waals surface area contributed by atoms with Gasteiger partial charge >= 0.3 is 11.7 Å². The lowest BCUT2D eigenvalue weighted by Crippen LogP contribution is -2.41. The number of aryl methyl sites for hydroxylation is 2. The van der Waals surface area contributed by atoms with Crippen LogP contribution in [0.4, 0.5) is 0 Å². The minimum Gasteiger partial charge on any atom is -0.480 e. The number of pyridine rings is 1. The first kappa shape index (κ1) is 19.4. The Morgan fingerprint density at radius 1 is 1.27 bits per heavy atom. The highest BCUT2D eigenvalue weighted by atomic mass is 16.4. The molecule has 9 nitrogen and oxygen atoms in total. The molecule has 0 aliphatic rings. The van der Waals surface area contributed by atoms with Gasteiger partial charge in [-0.3, -0.25) is 18.7 Å². The Labute approximate surface area is 149 Å². The summed E-state index contributed by atoms with van der Waals surface area (Å²) in [6.45, 7) is 3.56. The molecule has 0 unspecified atom stereocenters. The van der Waals surface area contributed by atoms with Crippen molar-refractivity contribution in [3.05, 3.63) is 38.2 Å². The lowest BCUT2D eigenvalue weighted by Gasteiger charge is -2.15. The van der Waals surface area contributed by atoms with E-state index in [0.29, 0.717) is 18.4 Å². The molecular formula is C17H22N4O5. The number of carboxylic acids is 1. The smallest absolute Gasteiger partial charge is 0.332 e. The molecule has 2 N–H and O–H groups in total. The van der Waals surface area contributed by atoms with E-state index in [2.05, 4.69) is 10.3 Å². The summed E-state index contributed by atoms with van der Waals surface area (Å²) in [6, 6.07) is 0.398. The number of aromatic nitrogens is 3. The lowest BCUT2D eigenvalue weighted by molar-refractivity contribution is -0.139. The molecule has 0 radical (unpaired) electrons. The van der Waals surface area contributed by atoms with Crippen molar-refractivity contribution in [3.63, 3.8) is 0 Å². The van der Waals surface area contributed by atoms with Crippen LogP contribution >= 0.6 is 0 Å². The first-order chi connectivity index (χ1) is 12.2. The average molecular weight is 362 g/mol. The number of nitrogens with one attached hydrogen (secondary N) is 1. The predicted octanol–water partition coefficient (Wildman–Crippen LogP) is 0.314. The first-order valence-electron chi connectivity index (χ1n) is 8.30. The van der Waals surface area contributed by atoms with Gasteiger partial charge in [0.2, 0.25) is 0 Å². The highest BCUT2D eigenvalue weighted by Gasteiger charge is 2.22. The van der Waals surface area contributed by atoms with Crippen molar-refractivity contribution in [1.82, 2.24) is 19.4 Å². The maximum Gasteiger partial charge on any atom is 0.332 e. The highest BCUT2D eigenvalue weighted by molar-refractivity contribution is 5.97. The van der Waals surface area contributed by atoms with E-state index >= 15 is 0 Å². The Hall–Kier alpha value is -2.97. The number of carboxylic acid groups (broad SMARTS) is 1. The van der Waals surface area contributed by atoms with E-state index in [0.717, 1.165) is 11.0 Å². The number of unbranched alkanes of at least 4 members (excludes halogenated alkanes) is 1. The van der Waals surface area contributed by atoms with Crippen molar-refractivity contribution in [3.8, 4) is 0 Å². The Bertz CT molecular complexity index is 989. The number of rotatable bonds is 6. The summed E-state index contributed by atoms with van der Waals surface area (Å²) in [7, 11) is 2.83. The number of carbonyl (C=O) groups excluding carboxylic acids is 1. The first-order valence-corrected chi connectivity index (χ1v) is 8.30. The van der Waals surface area contributed by atoms with E-state index in [1.54, 1.807) is 6.92 Å². The number of hydrogen-bond donors (Lipinski definition) is 2. The van der Waals surface area contributed by atoms with Crippen LogP contribution in [-0.2, 0) is 18.9 Å². The highest BCUT2D eigenvalue weighted by Crippen LogP contribution is 2.13. The van der Waals surface area contributed by atoms with Crippen LogP contribution < -0.4 is 16.6 Å². The molecule has 140 valence electrons.